The molecule has 2 aromatic rings. The van der Waals surface area contributed by atoms with Crippen molar-refractivity contribution in [3.05, 3.63) is 46.7 Å². The second-order valence-electron chi connectivity index (χ2n) is 8.23. The molecule has 160 valence electrons. The summed E-state index contributed by atoms with van der Waals surface area (Å²) in [5, 5.41) is 5.03. The van der Waals surface area contributed by atoms with Gasteiger partial charge in [-0.05, 0) is 45.0 Å². The summed E-state index contributed by atoms with van der Waals surface area (Å²) in [4.78, 5) is 32.0. The fourth-order valence-electron chi connectivity index (χ4n) is 4.27. The lowest BCUT2D eigenvalue weighted by atomic mass is 9.94. The Morgan fingerprint density at radius 1 is 1.03 bits per heavy atom. The lowest BCUT2D eigenvalue weighted by Crippen LogP contribution is -2.51. The molecule has 0 unspecified atom stereocenters. The third-order valence-electron chi connectivity index (χ3n) is 6.24. The van der Waals surface area contributed by atoms with Crippen LogP contribution in [0.3, 0.4) is 0 Å². The highest BCUT2D eigenvalue weighted by Crippen LogP contribution is 2.24. The minimum Gasteiger partial charge on any atom is -0.340 e. The number of aromatic nitrogens is 2. The highest BCUT2D eigenvalue weighted by Gasteiger charge is 2.32. The van der Waals surface area contributed by atoms with E-state index >= 15 is 0 Å². The number of hydrogen-bond acceptors (Lipinski definition) is 4. The van der Waals surface area contributed by atoms with E-state index in [1.165, 1.54) is 0 Å². The summed E-state index contributed by atoms with van der Waals surface area (Å²) < 4.78 is 1.74. The Labute approximate surface area is 182 Å². The largest absolute Gasteiger partial charge is 0.340 e. The van der Waals surface area contributed by atoms with Crippen molar-refractivity contribution in [2.75, 3.05) is 46.3 Å². The maximum atomic E-state index is 13.1. The van der Waals surface area contributed by atoms with E-state index in [1.807, 2.05) is 41.0 Å². The van der Waals surface area contributed by atoms with E-state index in [9.17, 15) is 9.59 Å². The number of nitrogens with zero attached hydrogens (tertiary/aromatic N) is 5. The van der Waals surface area contributed by atoms with Gasteiger partial charge in [-0.1, -0.05) is 17.7 Å². The monoisotopic (exact) mass is 429 g/mol. The fourth-order valence-corrected chi connectivity index (χ4v) is 4.46. The summed E-state index contributed by atoms with van der Waals surface area (Å²) in [6, 6.07) is 7.41. The Morgan fingerprint density at radius 2 is 1.73 bits per heavy atom. The van der Waals surface area contributed by atoms with Crippen LogP contribution in [0.25, 0.3) is 5.69 Å². The Hall–Kier alpha value is -2.38. The molecular weight excluding hydrogens is 402 g/mol. The van der Waals surface area contributed by atoms with Crippen molar-refractivity contribution in [1.82, 2.24) is 24.5 Å². The molecule has 2 amide bonds. The third kappa shape index (κ3) is 4.23. The molecule has 1 aromatic carbocycles. The van der Waals surface area contributed by atoms with Crippen LogP contribution in [-0.4, -0.2) is 82.6 Å². The average Bonchev–Trinajstić information content (AvgIpc) is 3.14. The van der Waals surface area contributed by atoms with Crippen LogP contribution in [0.15, 0.2) is 30.5 Å². The van der Waals surface area contributed by atoms with Gasteiger partial charge in [0.15, 0.2) is 0 Å². The minimum absolute atomic E-state index is 0.0211. The predicted octanol–water partition coefficient (Wildman–Crippen LogP) is 2.46. The van der Waals surface area contributed by atoms with E-state index in [0.29, 0.717) is 23.7 Å². The van der Waals surface area contributed by atoms with Gasteiger partial charge in [-0.15, -0.1) is 0 Å². The predicted molar refractivity (Wildman–Crippen MR) is 116 cm³/mol. The SMILES string of the molecule is Cc1c(C(=O)N2CCC(C(=O)N3CCN(C)CC3)CC2)cnn1-c1cccc(Cl)c1. The van der Waals surface area contributed by atoms with Crippen LogP contribution in [0.1, 0.15) is 28.9 Å². The molecule has 2 saturated heterocycles. The number of halogens is 1. The second-order valence-corrected chi connectivity index (χ2v) is 8.67. The molecule has 0 spiro atoms. The standard InChI is InChI=1S/C22H28ClN5O2/c1-16-20(15-24-28(16)19-5-3-4-18(23)14-19)22(30)26-8-6-17(7-9-26)21(29)27-12-10-25(2)11-13-27/h3-5,14-15,17H,6-13H2,1-2H3. The first-order valence-electron chi connectivity index (χ1n) is 10.5. The number of hydrogen-bond donors (Lipinski definition) is 0. The third-order valence-corrected chi connectivity index (χ3v) is 6.47. The van der Waals surface area contributed by atoms with Crippen LogP contribution in [-0.2, 0) is 4.79 Å². The lowest BCUT2D eigenvalue weighted by molar-refractivity contribution is -0.138. The Morgan fingerprint density at radius 3 is 2.40 bits per heavy atom. The molecule has 0 bridgehead atoms. The Bertz CT molecular complexity index is 927. The normalized spacial score (nSPS) is 18.6. The van der Waals surface area contributed by atoms with E-state index in [4.69, 9.17) is 11.6 Å². The van der Waals surface area contributed by atoms with Gasteiger partial charge in [0.05, 0.1) is 23.1 Å². The molecule has 30 heavy (non-hydrogen) atoms. The maximum absolute atomic E-state index is 13.1. The summed E-state index contributed by atoms with van der Waals surface area (Å²) in [5.41, 5.74) is 2.22. The van der Waals surface area contributed by atoms with E-state index in [-0.39, 0.29) is 17.7 Å². The van der Waals surface area contributed by atoms with Gasteiger partial charge < -0.3 is 14.7 Å². The number of piperidine rings is 1. The van der Waals surface area contributed by atoms with Crippen LogP contribution in [0.5, 0.6) is 0 Å². The van der Waals surface area contributed by atoms with Gasteiger partial charge in [0.25, 0.3) is 5.91 Å². The summed E-state index contributed by atoms with van der Waals surface area (Å²) in [7, 11) is 2.09. The first-order valence-corrected chi connectivity index (χ1v) is 10.9. The summed E-state index contributed by atoms with van der Waals surface area (Å²) >= 11 is 6.09. The molecule has 2 aliphatic rings. The van der Waals surface area contributed by atoms with Gasteiger partial charge in [0.2, 0.25) is 5.91 Å². The molecule has 0 radical (unpaired) electrons. The minimum atomic E-state index is -0.0220. The first kappa shape index (κ1) is 20.9. The number of carbonyl (C=O) groups excluding carboxylic acids is 2. The van der Waals surface area contributed by atoms with E-state index < -0.39 is 0 Å². The van der Waals surface area contributed by atoms with E-state index in [1.54, 1.807) is 10.9 Å². The fraction of sp³-hybridized carbons (Fsp3) is 0.500. The molecule has 0 atom stereocenters. The zero-order valence-electron chi connectivity index (χ0n) is 17.6. The smallest absolute Gasteiger partial charge is 0.257 e. The quantitative estimate of drug-likeness (QED) is 0.752. The first-order chi connectivity index (χ1) is 14.4. The van der Waals surface area contributed by atoms with Gasteiger partial charge in [0, 0.05) is 50.2 Å². The van der Waals surface area contributed by atoms with E-state index in [2.05, 4.69) is 17.0 Å². The molecule has 8 heteroatoms. The molecule has 7 nitrogen and oxygen atoms in total. The van der Waals surface area contributed by atoms with Crippen molar-refractivity contribution in [3.8, 4) is 5.69 Å². The maximum Gasteiger partial charge on any atom is 0.257 e. The summed E-state index contributed by atoms with van der Waals surface area (Å²) in [5.74, 6) is 0.249. The van der Waals surface area contributed by atoms with Crippen molar-refractivity contribution >= 4 is 23.4 Å². The van der Waals surface area contributed by atoms with Crippen LogP contribution < -0.4 is 0 Å². The van der Waals surface area contributed by atoms with Crippen molar-refractivity contribution in [2.24, 2.45) is 5.92 Å². The number of likely N-dealkylation sites (tertiary alicyclic amines) is 1. The number of likely N-dealkylation sites (N-methyl/N-ethyl adjacent to an activating group) is 1. The average molecular weight is 430 g/mol. The molecule has 4 rings (SSSR count). The van der Waals surface area contributed by atoms with Gasteiger partial charge >= 0.3 is 0 Å². The summed E-state index contributed by atoms with van der Waals surface area (Å²) in [6.45, 7) is 6.56. The zero-order valence-corrected chi connectivity index (χ0v) is 18.3. The van der Waals surface area contributed by atoms with Crippen molar-refractivity contribution < 1.29 is 9.59 Å². The van der Waals surface area contributed by atoms with Gasteiger partial charge in [0.1, 0.15) is 0 Å². The number of piperazine rings is 1. The molecule has 0 N–H and O–H groups in total. The number of carbonyl (C=O) groups is 2. The molecule has 3 heterocycles. The second kappa shape index (κ2) is 8.78. The van der Waals surface area contributed by atoms with Crippen LogP contribution in [0.2, 0.25) is 5.02 Å². The Balaban J connectivity index is 1.38. The Kier molecular flexibility index (Phi) is 6.11. The number of benzene rings is 1. The van der Waals surface area contributed by atoms with Crippen molar-refractivity contribution in [3.63, 3.8) is 0 Å². The van der Waals surface area contributed by atoms with Gasteiger partial charge in [-0.25, -0.2) is 4.68 Å². The van der Waals surface area contributed by atoms with Crippen LogP contribution in [0.4, 0.5) is 0 Å². The molecule has 2 aliphatic heterocycles. The molecule has 2 fully saturated rings. The van der Waals surface area contributed by atoms with E-state index in [0.717, 1.165) is 50.4 Å². The van der Waals surface area contributed by atoms with Crippen LogP contribution >= 0.6 is 11.6 Å². The molecule has 0 aliphatic carbocycles. The lowest BCUT2D eigenvalue weighted by Gasteiger charge is -2.37. The highest BCUT2D eigenvalue weighted by atomic mass is 35.5. The number of rotatable bonds is 3. The number of amides is 2. The van der Waals surface area contributed by atoms with Crippen molar-refractivity contribution in [2.45, 2.75) is 19.8 Å². The molecular formula is C22H28ClN5O2. The molecule has 1 aromatic heterocycles. The van der Waals surface area contributed by atoms with Gasteiger partial charge in [-0.3, -0.25) is 9.59 Å². The zero-order chi connectivity index (χ0) is 21.3. The summed E-state index contributed by atoms with van der Waals surface area (Å²) in [6.07, 6.45) is 3.07. The highest BCUT2D eigenvalue weighted by molar-refractivity contribution is 6.30. The topological polar surface area (TPSA) is 61.7 Å². The molecule has 0 saturated carbocycles. The van der Waals surface area contributed by atoms with Crippen LogP contribution in [0, 0.1) is 12.8 Å². The van der Waals surface area contributed by atoms with Crippen molar-refractivity contribution in [1.29, 1.82) is 0 Å². The van der Waals surface area contributed by atoms with Gasteiger partial charge in [-0.2, -0.15) is 5.10 Å².